The molecule has 4 rings (SSSR count). The molecule has 2 fully saturated rings. The molecule has 136 valence electrons. The maximum absolute atomic E-state index is 14.0. The topological polar surface area (TPSA) is 69.3 Å². The molecule has 2 aliphatic rings. The van der Waals surface area contributed by atoms with Gasteiger partial charge in [0.25, 0.3) is 5.91 Å². The minimum Gasteiger partial charge on any atom is -0.341 e. The largest absolute Gasteiger partial charge is 0.341 e. The van der Waals surface area contributed by atoms with E-state index in [0.29, 0.717) is 37.3 Å². The lowest BCUT2D eigenvalue weighted by molar-refractivity contribution is -0.146. The van der Waals surface area contributed by atoms with Gasteiger partial charge in [0.15, 0.2) is 0 Å². The average Bonchev–Trinajstić information content (AvgIpc) is 3.31. The van der Waals surface area contributed by atoms with E-state index in [-0.39, 0.29) is 24.2 Å². The van der Waals surface area contributed by atoms with Crippen LogP contribution in [0, 0.1) is 11.2 Å². The summed E-state index contributed by atoms with van der Waals surface area (Å²) in [4.78, 5) is 35.9. The molecule has 0 radical (unpaired) electrons. The Kier molecular flexibility index (Phi) is 4.22. The maximum atomic E-state index is 14.0. The third-order valence-electron chi connectivity index (χ3n) is 5.51. The summed E-state index contributed by atoms with van der Waals surface area (Å²) < 4.78 is 14.0. The van der Waals surface area contributed by atoms with E-state index in [2.05, 4.69) is 9.97 Å². The van der Waals surface area contributed by atoms with Gasteiger partial charge >= 0.3 is 0 Å². The van der Waals surface area contributed by atoms with Crippen LogP contribution in [-0.4, -0.2) is 51.2 Å². The summed E-state index contributed by atoms with van der Waals surface area (Å²) in [5.74, 6) is -0.382. The van der Waals surface area contributed by atoms with Gasteiger partial charge in [0.2, 0.25) is 5.91 Å². The highest BCUT2D eigenvalue weighted by Gasteiger charge is 2.49. The van der Waals surface area contributed by atoms with Gasteiger partial charge in [-0.25, -0.2) is 9.37 Å². The number of aromatic amines is 1. The highest BCUT2D eigenvalue weighted by Crippen LogP contribution is 2.40. The van der Waals surface area contributed by atoms with Gasteiger partial charge in [-0.15, -0.1) is 0 Å². The van der Waals surface area contributed by atoms with E-state index in [1.807, 2.05) is 0 Å². The molecule has 26 heavy (non-hydrogen) atoms. The second-order valence-corrected chi connectivity index (χ2v) is 7.14. The first-order valence-corrected chi connectivity index (χ1v) is 8.89. The van der Waals surface area contributed by atoms with Crippen LogP contribution in [0.5, 0.6) is 0 Å². The predicted octanol–water partition coefficient (Wildman–Crippen LogP) is 2.20. The Hall–Kier alpha value is -2.70. The number of rotatable bonds is 3. The average molecular weight is 356 g/mol. The number of carbonyl (C=O) groups is 2. The second kappa shape index (κ2) is 6.55. The van der Waals surface area contributed by atoms with E-state index in [9.17, 15) is 14.0 Å². The number of benzene rings is 1. The number of nitrogens with one attached hydrogen (secondary N) is 1. The Bertz CT molecular complexity index is 823. The Morgan fingerprint density at radius 1 is 1.27 bits per heavy atom. The number of H-pyrrole nitrogens is 1. The number of halogens is 1. The highest BCUT2D eigenvalue weighted by molar-refractivity contribution is 5.93. The number of amides is 2. The van der Waals surface area contributed by atoms with Gasteiger partial charge in [0.1, 0.15) is 11.5 Å². The summed E-state index contributed by atoms with van der Waals surface area (Å²) in [6.07, 6.45) is 5.26. The third-order valence-corrected chi connectivity index (χ3v) is 5.51. The number of nitrogens with zero attached hydrogens (tertiary/aromatic N) is 3. The van der Waals surface area contributed by atoms with Crippen LogP contribution in [0.25, 0.3) is 0 Å². The van der Waals surface area contributed by atoms with Gasteiger partial charge in [0, 0.05) is 31.7 Å². The number of likely N-dealkylation sites (tertiary alicyclic amines) is 2. The molecule has 0 bridgehead atoms. The van der Waals surface area contributed by atoms with Crippen LogP contribution in [0.3, 0.4) is 0 Å². The molecule has 3 heterocycles. The fraction of sp³-hybridized carbons (Fsp3) is 0.421. The van der Waals surface area contributed by atoms with Gasteiger partial charge in [-0.1, -0.05) is 18.2 Å². The lowest BCUT2D eigenvalue weighted by atomic mass is 9.78. The van der Waals surface area contributed by atoms with Gasteiger partial charge in [-0.2, -0.15) is 0 Å². The molecule has 6 nitrogen and oxygen atoms in total. The van der Waals surface area contributed by atoms with Crippen molar-refractivity contribution in [2.24, 2.45) is 5.41 Å². The molecule has 2 aromatic rings. The van der Waals surface area contributed by atoms with Crippen LogP contribution in [-0.2, 0) is 11.3 Å². The molecular formula is C19H21FN4O2. The molecule has 2 aliphatic heterocycles. The van der Waals surface area contributed by atoms with Gasteiger partial charge in [0.05, 0.1) is 17.9 Å². The van der Waals surface area contributed by atoms with Crippen LogP contribution in [0.4, 0.5) is 4.39 Å². The summed E-state index contributed by atoms with van der Waals surface area (Å²) in [6.45, 7) is 1.87. The summed E-state index contributed by atoms with van der Waals surface area (Å²) in [7, 11) is 0. The fourth-order valence-corrected chi connectivity index (χ4v) is 4.10. The highest BCUT2D eigenvalue weighted by atomic mass is 19.1. The van der Waals surface area contributed by atoms with Crippen molar-refractivity contribution in [3.05, 3.63) is 53.9 Å². The fourth-order valence-electron chi connectivity index (χ4n) is 4.10. The Morgan fingerprint density at radius 3 is 2.88 bits per heavy atom. The van der Waals surface area contributed by atoms with Crippen LogP contribution in [0.2, 0.25) is 0 Å². The van der Waals surface area contributed by atoms with E-state index >= 15 is 0 Å². The van der Waals surface area contributed by atoms with Crippen LogP contribution >= 0.6 is 0 Å². The molecule has 1 N–H and O–H groups in total. The lowest BCUT2D eigenvalue weighted by Gasteiger charge is -2.39. The number of hydrogen-bond acceptors (Lipinski definition) is 3. The van der Waals surface area contributed by atoms with Crippen molar-refractivity contribution in [1.29, 1.82) is 0 Å². The number of imidazole rings is 1. The zero-order valence-corrected chi connectivity index (χ0v) is 14.4. The van der Waals surface area contributed by atoms with Crippen molar-refractivity contribution in [1.82, 2.24) is 19.8 Å². The molecule has 1 spiro atoms. The van der Waals surface area contributed by atoms with Gasteiger partial charge in [-0.05, 0) is 25.3 Å². The maximum Gasteiger partial charge on any atom is 0.271 e. The summed E-state index contributed by atoms with van der Waals surface area (Å²) in [5.41, 5.74) is 0.425. The summed E-state index contributed by atoms with van der Waals surface area (Å²) in [5, 5.41) is 0. The van der Waals surface area contributed by atoms with Crippen molar-refractivity contribution < 1.29 is 14.0 Å². The van der Waals surface area contributed by atoms with E-state index < -0.39 is 5.41 Å². The van der Waals surface area contributed by atoms with Crippen molar-refractivity contribution >= 4 is 11.8 Å². The Labute approximate surface area is 151 Å². The standard InChI is InChI=1S/C19H21FN4O2/c20-15-5-2-1-4-14(15)11-23-8-3-6-19(18(23)26)7-9-24(12-19)17(25)16-10-21-13-22-16/h1-2,4-5,10,13H,3,6-9,11-12H2,(H,21,22). The number of carbonyl (C=O) groups excluding carboxylic acids is 2. The monoisotopic (exact) mass is 356 g/mol. The quantitative estimate of drug-likeness (QED) is 0.917. The van der Waals surface area contributed by atoms with Gasteiger partial charge < -0.3 is 14.8 Å². The van der Waals surface area contributed by atoms with Crippen molar-refractivity contribution in [2.75, 3.05) is 19.6 Å². The molecule has 1 aromatic carbocycles. The zero-order valence-electron chi connectivity index (χ0n) is 14.4. The molecule has 2 amide bonds. The van der Waals surface area contributed by atoms with E-state index in [1.54, 1.807) is 28.0 Å². The van der Waals surface area contributed by atoms with E-state index in [0.717, 1.165) is 12.8 Å². The first-order valence-electron chi connectivity index (χ1n) is 8.89. The summed E-state index contributed by atoms with van der Waals surface area (Å²) in [6, 6.07) is 6.56. The Morgan fingerprint density at radius 2 is 2.12 bits per heavy atom. The van der Waals surface area contributed by atoms with Crippen molar-refractivity contribution in [2.45, 2.75) is 25.8 Å². The third kappa shape index (κ3) is 2.87. The smallest absolute Gasteiger partial charge is 0.271 e. The normalized spacial score (nSPS) is 23.0. The van der Waals surface area contributed by atoms with E-state index in [4.69, 9.17) is 0 Å². The molecule has 1 aromatic heterocycles. The molecule has 0 aliphatic carbocycles. The number of hydrogen-bond donors (Lipinski definition) is 1. The lowest BCUT2D eigenvalue weighted by Crippen LogP contribution is -2.50. The first kappa shape index (κ1) is 16.8. The minimum absolute atomic E-state index is 0.0342. The number of piperidine rings is 1. The zero-order chi connectivity index (χ0) is 18.1. The molecule has 1 unspecified atom stereocenters. The second-order valence-electron chi connectivity index (χ2n) is 7.14. The predicted molar refractivity (Wildman–Crippen MR) is 92.6 cm³/mol. The van der Waals surface area contributed by atoms with Crippen LogP contribution in [0.15, 0.2) is 36.8 Å². The molecule has 0 saturated carbocycles. The van der Waals surface area contributed by atoms with Crippen molar-refractivity contribution in [3.63, 3.8) is 0 Å². The molecule has 2 saturated heterocycles. The Balaban J connectivity index is 1.49. The van der Waals surface area contributed by atoms with Crippen LogP contribution in [0.1, 0.15) is 35.3 Å². The van der Waals surface area contributed by atoms with Crippen LogP contribution < -0.4 is 0 Å². The van der Waals surface area contributed by atoms with Gasteiger partial charge in [-0.3, -0.25) is 9.59 Å². The first-order chi connectivity index (χ1) is 12.6. The SMILES string of the molecule is O=C(c1cnc[nH]1)N1CCC2(CCCN(Cc3ccccc3F)C2=O)C1. The van der Waals surface area contributed by atoms with E-state index in [1.165, 1.54) is 18.6 Å². The van der Waals surface area contributed by atoms with Crippen molar-refractivity contribution in [3.8, 4) is 0 Å². The molecule has 1 atom stereocenters. The summed E-state index contributed by atoms with van der Waals surface area (Å²) >= 11 is 0. The minimum atomic E-state index is -0.542. The molecule has 7 heteroatoms. The number of aromatic nitrogens is 2. The molecular weight excluding hydrogens is 335 g/mol.